The lowest BCUT2D eigenvalue weighted by atomic mass is 10.1. The topological polar surface area (TPSA) is 69.5 Å². The number of piperazine rings is 1. The molecule has 1 aliphatic heterocycles. The SMILES string of the molecule is N=c1c(N)c2sc3ccccc3n2c2cc(N3CCNCC3)c(F)cc12. The second-order valence-electron chi connectivity index (χ2n) is 6.56. The highest BCUT2D eigenvalue weighted by molar-refractivity contribution is 7.24. The predicted molar refractivity (Wildman–Crippen MR) is 106 cm³/mol. The Kier molecular flexibility index (Phi) is 3.41. The fourth-order valence-electron chi connectivity index (χ4n) is 3.74. The molecule has 0 amide bonds. The van der Waals surface area contributed by atoms with Gasteiger partial charge in [0, 0.05) is 31.6 Å². The molecular weight excluding hydrogens is 349 g/mol. The van der Waals surface area contributed by atoms with Gasteiger partial charge in [-0.15, -0.1) is 11.3 Å². The smallest absolute Gasteiger partial charge is 0.147 e. The lowest BCUT2D eigenvalue weighted by Crippen LogP contribution is -2.43. The Morgan fingerprint density at radius 2 is 1.88 bits per heavy atom. The zero-order chi connectivity index (χ0) is 17.8. The molecule has 0 atom stereocenters. The van der Waals surface area contributed by atoms with Gasteiger partial charge < -0.3 is 16.0 Å². The summed E-state index contributed by atoms with van der Waals surface area (Å²) in [6.07, 6.45) is 0. The Morgan fingerprint density at radius 3 is 2.69 bits per heavy atom. The number of pyridine rings is 1. The molecule has 3 heterocycles. The van der Waals surface area contributed by atoms with E-state index in [1.54, 1.807) is 11.3 Å². The van der Waals surface area contributed by atoms with Crippen LogP contribution in [0, 0.1) is 11.2 Å². The first-order valence-corrected chi connectivity index (χ1v) is 9.42. The molecule has 0 spiro atoms. The van der Waals surface area contributed by atoms with E-state index in [1.165, 1.54) is 6.07 Å². The van der Waals surface area contributed by atoms with Crippen molar-refractivity contribution < 1.29 is 4.39 Å². The van der Waals surface area contributed by atoms with Crippen molar-refractivity contribution in [3.63, 3.8) is 0 Å². The predicted octanol–water partition coefficient (Wildman–Crippen LogP) is 2.92. The van der Waals surface area contributed by atoms with Crippen molar-refractivity contribution in [2.45, 2.75) is 0 Å². The zero-order valence-corrected chi connectivity index (χ0v) is 14.9. The van der Waals surface area contributed by atoms with E-state index in [4.69, 9.17) is 11.1 Å². The molecule has 0 radical (unpaired) electrons. The molecule has 1 fully saturated rings. The molecule has 0 bridgehead atoms. The van der Waals surface area contributed by atoms with Crippen LogP contribution in [0.15, 0.2) is 36.4 Å². The van der Waals surface area contributed by atoms with E-state index in [2.05, 4.69) is 14.6 Å². The Bertz CT molecular complexity index is 1220. The van der Waals surface area contributed by atoms with E-state index in [1.807, 2.05) is 30.3 Å². The summed E-state index contributed by atoms with van der Waals surface area (Å²) in [7, 11) is 0. The largest absolute Gasteiger partial charge is 0.395 e. The minimum absolute atomic E-state index is 0.192. The number of rotatable bonds is 1. The number of anilines is 2. The maximum atomic E-state index is 14.9. The molecule has 7 heteroatoms. The number of hydrogen-bond acceptors (Lipinski definition) is 5. The number of fused-ring (bicyclic) bond motifs is 5. The third-order valence-electron chi connectivity index (χ3n) is 5.05. The van der Waals surface area contributed by atoms with Crippen LogP contribution in [0.1, 0.15) is 0 Å². The number of nitrogens with zero attached hydrogens (tertiary/aromatic N) is 2. The van der Waals surface area contributed by atoms with Gasteiger partial charge in [-0.3, -0.25) is 9.81 Å². The summed E-state index contributed by atoms with van der Waals surface area (Å²) < 4.78 is 18.0. The Hall–Kier alpha value is -2.64. The van der Waals surface area contributed by atoms with E-state index in [9.17, 15) is 4.39 Å². The highest BCUT2D eigenvalue weighted by Crippen LogP contribution is 2.34. The fraction of sp³-hybridized carbons (Fsp3) is 0.211. The highest BCUT2D eigenvalue weighted by Gasteiger charge is 2.19. The second kappa shape index (κ2) is 5.69. The van der Waals surface area contributed by atoms with E-state index in [0.29, 0.717) is 16.8 Å². The van der Waals surface area contributed by atoms with E-state index in [0.717, 1.165) is 46.7 Å². The van der Waals surface area contributed by atoms with Crippen LogP contribution in [0.4, 0.5) is 15.8 Å². The number of halogens is 1. The van der Waals surface area contributed by atoms with Gasteiger partial charge in [-0.25, -0.2) is 4.39 Å². The molecule has 1 saturated heterocycles. The number of thiazole rings is 1. The van der Waals surface area contributed by atoms with Crippen molar-refractivity contribution >= 4 is 48.7 Å². The minimum atomic E-state index is -0.299. The molecule has 0 aliphatic carbocycles. The standard InChI is InChI=1S/C19H18FN5S/c20-12-9-11-14(10-15(12)24-7-5-23-6-8-24)25-13-3-1-2-4-16(13)26-19(25)18(22)17(11)21/h1-4,9-10,21,23H,5-8,22H2. The number of para-hydroxylation sites is 1. The van der Waals surface area contributed by atoms with Crippen LogP contribution >= 0.6 is 11.3 Å². The molecule has 2 aromatic heterocycles. The third kappa shape index (κ3) is 2.14. The van der Waals surface area contributed by atoms with Crippen LogP contribution in [-0.4, -0.2) is 30.6 Å². The van der Waals surface area contributed by atoms with Gasteiger partial charge in [0.2, 0.25) is 0 Å². The van der Waals surface area contributed by atoms with Crippen LogP contribution in [0.2, 0.25) is 0 Å². The second-order valence-corrected chi connectivity index (χ2v) is 7.59. The van der Waals surface area contributed by atoms with Crippen LogP contribution in [-0.2, 0) is 0 Å². The molecule has 1 aliphatic rings. The molecule has 0 unspecified atom stereocenters. The summed E-state index contributed by atoms with van der Waals surface area (Å²) in [6.45, 7) is 3.21. The molecule has 4 aromatic rings. The van der Waals surface area contributed by atoms with Crippen molar-refractivity contribution in [2.24, 2.45) is 0 Å². The van der Waals surface area contributed by atoms with Crippen molar-refractivity contribution in [1.29, 1.82) is 5.41 Å². The van der Waals surface area contributed by atoms with Gasteiger partial charge in [0.1, 0.15) is 10.6 Å². The monoisotopic (exact) mass is 367 g/mol. The quantitative estimate of drug-likeness (QED) is 0.484. The van der Waals surface area contributed by atoms with Crippen LogP contribution in [0.5, 0.6) is 0 Å². The van der Waals surface area contributed by atoms with Crippen molar-refractivity contribution in [3.8, 4) is 0 Å². The zero-order valence-electron chi connectivity index (χ0n) is 14.1. The van der Waals surface area contributed by atoms with E-state index >= 15 is 0 Å². The van der Waals surface area contributed by atoms with Gasteiger partial charge in [-0.05, 0) is 24.3 Å². The molecule has 5 nitrogen and oxygen atoms in total. The number of nitrogens with two attached hydrogens (primary N) is 1. The number of benzene rings is 2. The molecule has 132 valence electrons. The van der Waals surface area contributed by atoms with Gasteiger partial charge in [0.15, 0.2) is 0 Å². The van der Waals surface area contributed by atoms with Gasteiger partial charge >= 0.3 is 0 Å². The molecule has 0 saturated carbocycles. The Labute approximate surface area is 153 Å². The summed E-state index contributed by atoms with van der Waals surface area (Å²) in [5, 5.41) is 12.5. The molecule has 5 rings (SSSR count). The van der Waals surface area contributed by atoms with Crippen LogP contribution < -0.4 is 21.3 Å². The number of aromatic nitrogens is 1. The number of nitrogens with one attached hydrogen (secondary N) is 2. The first kappa shape index (κ1) is 15.6. The lowest BCUT2D eigenvalue weighted by Gasteiger charge is -2.30. The summed E-state index contributed by atoms with van der Waals surface area (Å²) in [4.78, 5) is 2.90. The summed E-state index contributed by atoms with van der Waals surface area (Å²) in [5.41, 5.74) is 9.08. The molecular formula is C19H18FN5S. The molecule has 2 aromatic carbocycles. The summed E-state index contributed by atoms with van der Waals surface area (Å²) in [6, 6.07) is 11.4. The fourth-order valence-corrected chi connectivity index (χ4v) is 4.86. The van der Waals surface area contributed by atoms with Gasteiger partial charge in [-0.2, -0.15) is 0 Å². The first-order chi connectivity index (χ1) is 12.6. The highest BCUT2D eigenvalue weighted by atomic mass is 32.1. The average molecular weight is 367 g/mol. The van der Waals surface area contributed by atoms with Crippen molar-refractivity contribution in [3.05, 3.63) is 47.6 Å². The Balaban J connectivity index is 1.92. The maximum absolute atomic E-state index is 14.9. The number of hydrogen-bond donors (Lipinski definition) is 3. The van der Waals surface area contributed by atoms with E-state index < -0.39 is 0 Å². The molecule has 4 N–H and O–H groups in total. The van der Waals surface area contributed by atoms with Crippen LogP contribution in [0.25, 0.3) is 25.9 Å². The average Bonchev–Trinajstić information content (AvgIpc) is 3.06. The van der Waals surface area contributed by atoms with Gasteiger partial charge in [0.05, 0.1) is 32.5 Å². The van der Waals surface area contributed by atoms with Gasteiger partial charge in [-0.1, -0.05) is 12.1 Å². The first-order valence-electron chi connectivity index (χ1n) is 8.60. The van der Waals surface area contributed by atoms with Crippen LogP contribution in [0.3, 0.4) is 0 Å². The molecule has 26 heavy (non-hydrogen) atoms. The lowest BCUT2D eigenvalue weighted by molar-refractivity contribution is 0.567. The summed E-state index contributed by atoms with van der Waals surface area (Å²) >= 11 is 1.56. The normalized spacial score (nSPS) is 15.3. The summed E-state index contributed by atoms with van der Waals surface area (Å²) in [5.74, 6) is -0.299. The minimum Gasteiger partial charge on any atom is -0.395 e. The van der Waals surface area contributed by atoms with Gasteiger partial charge in [0.25, 0.3) is 0 Å². The maximum Gasteiger partial charge on any atom is 0.147 e. The van der Waals surface area contributed by atoms with E-state index in [-0.39, 0.29) is 11.2 Å². The third-order valence-corrected chi connectivity index (χ3v) is 6.21. The number of nitrogen functional groups attached to an aromatic ring is 1. The van der Waals surface area contributed by atoms with Crippen molar-refractivity contribution in [1.82, 2.24) is 9.72 Å². The Morgan fingerprint density at radius 1 is 1.12 bits per heavy atom. The van der Waals surface area contributed by atoms with Crippen molar-refractivity contribution in [2.75, 3.05) is 36.8 Å².